The van der Waals surface area contributed by atoms with Crippen LogP contribution in [-0.4, -0.2) is 0 Å². The first kappa shape index (κ1) is 18.8. The SMILES string of the molecule is FC(F)=C(F)F.N#Cc1c(Cl)c(Cl)c(Cl)c(C#N)c1Cl. The van der Waals surface area contributed by atoms with Gasteiger partial charge in [-0.05, 0) is 0 Å². The van der Waals surface area contributed by atoms with Gasteiger partial charge in [0.2, 0.25) is 0 Å². The van der Waals surface area contributed by atoms with Crippen LogP contribution in [0.15, 0.2) is 12.2 Å². The van der Waals surface area contributed by atoms with Crippen LogP contribution in [0, 0.1) is 22.7 Å². The predicted octanol–water partition coefficient (Wildman–Crippen LogP) is 6.03. The van der Waals surface area contributed by atoms with Gasteiger partial charge in [-0.25, -0.2) is 0 Å². The molecule has 0 saturated heterocycles. The average molecular weight is 366 g/mol. The van der Waals surface area contributed by atoms with Crippen LogP contribution in [-0.2, 0) is 0 Å². The van der Waals surface area contributed by atoms with Gasteiger partial charge in [-0.1, -0.05) is 46.4 Å². The van der Waals surface area contributed by atoms with E-state index in [0.717, 1.165) is 0 Å². The van der Waals surface area contributed by atoms with E-state index in [-0.39, 0.29) is 31.2 Å². The van der Waals surface area contributed by atoms with Gasteiger partial charge in [0.15, 0.2) is 0 Å². The standard InChI is InChI=1S/C8Cl4N2.C2F4/c9-5-3(1-13)6(10)8(12)7(11)4(5)2-14;3-1(4)2(5)6. The molecule has 20 heavy (non-hydrogen) atoms. The minimum atomic E-state index is -2.91. The summed E-state index contributed by atoms with van der Waals surface area (Å²) in [4.78, 5) is 0. The van der Waals surface area contributed by atoms with E-state index in [4.69, 9.17) is 56.9 Å². The maximum absolute atomic E-state index is 10.3. The fourth-order valence-corrected chi connectivity index (χ4v) is 1.90. The van der Waals surface area contributed by atoms with Crippen LogP contribution in [0.25, 0.3) is 0 Å². The van der Waals surface area contributed by atoms with Crippen LogP contribution in [0.5, 0.6) is 0 Å². The van der Waals surface area contributed by atoms with Crippen molar-refractivity contribution in [2.45, 2.75) is 0 Å². The number of nitriles is 2. The first-order valence-corrected chi connectivity index (χ1v) is 5.72. The normalized spacial score (nSPS) is 8.90. The van der Waals surface area contributed by atoms with Crippen molar-refractivity contribution < 1.29 is 17.6 Å². The van der Waals surface area contributed by atoms with Gasteiger partial charge >= 0.3 is 12.2 Å². The second kappa shape index (κ2) is 8.18. The summed E-state index contributed by atoms with van der Waals surface area (Å²) in [6.07, 6.45) is -5.81. The van der Waals surface area contributed by atoms with E-state index in [1.54, 1.807) is 12.1 Å². The van der Waals surface area contributed by atoms with Gasteiger partial charge in [-0.3, -0.25) is 0 Å². The molecule has 0 bridgehead atoms. The van der Waals surface area contributed by atoms with Crippen LogP contribution in [0.4, 0.5) is 17.6 Å². The van der Waals surface area contributed by atoms with Crippen molar-refractivity contribution in [3.8, 4) is 12.1 Å². The van der Waals surface area contributed by atoms with Crippen molar-refractivity contribution in [2.75, 3.05) is 0 Å². The third-order valence-corrected chi connectivity index (χ3v) is 3.34. The highest BCUT2D eigenvalue weighted by Crippen LogP contribution is 2.40. The minimum Gasteiger partial charge on any atom is -0.192 e. The van der Waals surface area contributed by atoms with Crippen molar-refractivity contribution in [1.82, 2.24) is 0 Å². The van der Waals surface area contributed by atoms with Crippen molar-refractivity contribution in [1.29, 1.82) is 10.5 Å². The molecule has 0 aliphatic rings. The predicted molar refractivity (Wildman–Crippen MR) is 67.4 cm³/mol. The largest absolute Gasteiger partial charge is 0.334 e. The molecule has 0 spiro atoms. The first-order valence-electron chi connectivity index (χ1n) is 4.21. The van der Waals surface area contributed by atoms with E-state index >= 15 is 0 Å². The van der Waals surface area contributed by atoms with E-state index in [9.17, 15) is 17.6 Å². The smallest absolute Gasteiger partial charge is 0.192 e. The Kier molecular flexibility index (Phi) is 7.70. The lowest BCUT2D eigenvalue weighted by atomic mass is 10.1. The second-order valence-electron chi connectivity index (χ2n) is 2.75. The van der Waals surface area contributed by atoms with Crippen LogP contribution >= 0.6 is 46.4 Å². The Labute approximate surface area is 130 Å². The van der Waals surface area contributed by atoms with Gasteiger partial charge in [0.1, 0.15) is 12.1 Å². The maximum atomic E-state index is 10.3. The molecule has 0 unspecified atom stereocenters. The summed E-state index contributed by atoms with van der Waals surface area (Å²) < 4.78 is 41.1. The summed E-state index contributed by atoms with van der Waals surface area (Å²) in [5, 5.41) is 17.2. The Balaban J connectivity index is 0.000000511. The van der Waals surface area contributed by atoms with Crippen LogP contribution in [0.2, 0.25) is 20.1 Å². The monoisotopic (exact) mass is 364 g/mol. The minimum absolute atomic E-state index is 0.0363. The zero-order valence-electron chi connectivity index (χ0n) is 8.92. The number of halogens is 8. The first-order chi connectivity index (χ1) is 9.18. The molecular weight excluding hydrogens is 366 g/mol. The fraction of sp³-hybridized carbons (Fsp3) is 0. The summed E-state index contributed by atoms with van der Waals surface area (Å²) in [5.41, 5.74) is -0.0847. The van der Waals surface area contributed by atoms with Gasteiger partial charge < -0.3 is 0 Å². The molecule has 0 N–H and O–H groups in total. The van der Waals surface area contributed by atoms with E-state index in [1.165, 1.54) is 0 Å². The maximum Gasteiger partial charge on any atom is 0.334 e. The Bertz CT molecular complexity index is 587. The zero-order chi connectivity index (χ0) is 16.0. The molecule has 0 radical (unpaired) electrons. The van der Waals surface area contributed by atoms with Crippen LogP contribution in [0.1, 0.15) is 11.1 Å². The number of nitrogens with zero attached hydrogens (tertiary/aromatic N) is 2. The molecule has 106 valence electrons. The molecule has 1 rings (SSSR count). The van der Waals surface area contributed by atoms with E-state index < -0.39 is 12.2 Å². The number of hydrogen-bond acceptors (Lipinski definition) is 2. The summed E-state index contributed by atoms with van der Waals surface area (Å²) in [5.74, 6) is 0. The van der Waals surface area contributed by atoms with Crippen LogP contribution < -0.4 is 0 Å². The molecule has 0 aromatic heterocycles. The van der Waals surface area contributed by atoms with Gasteiger partial charge in [-0.2, -0.15) is 28.1 Å². The van der Waals surface area contributed by atoms with Crippen molar-refractivity contribution in [3.05, 3.63) is 43.4 Å². The third kappa shape index (κ3) is 4.43. The molecular formula is C10Cl4F4N2. The lowest BCUT2D eigenvalue weighted by Crippen LogP contribution is -1.89. The van der Waals surface area contributed by atoms with E-state index in [0.29, 0.717) is 0 Å². The molecule has 0 heterocycles. The van der Waals surface area contributed by atoms with Gasteiger partial charge in [-0.15, -0.1) is 0 Å². The van der Waals surface area contributed by atoms with Crippen molar-refractivity contribution in [3.63, 3.8) is 0 Å². The van der Waals surface area contributed by atoms with E-state index in [1.807, 2.05) is 0 Å². The summed E-state index contributed by atoms with van der Waals surface area (Å²) in [6.45, 7) is 0. The summed E-state index contributed by atoms with van der Waals surface area (Å²) >= 11 is 22.8. The fourth-order valence-electron chi connectivity index (χ4n) is 0.830. The molecule has 1 aromatic rings. The third-order valence-electron chi connectivity index (χ3n) is 1.63. The number of rotatable bonds is 0. The van der Waals surface area contributed by atoms with Gasteiger partial charge in [0.25, 0.3) is 0 Å². The van der Waals surface area contributed by atoms with E-state index in [2.05, 4.69) is 0 Å². The van der Waals surface area contributed by atoms with Crippen molar-refractivity contribution in [2.24, 2.45) is 0 Å². The highest BCUT2D eigenvalue weighted by Gasteiger charge is 2.19. The molecule has 1 aromatic carbocycles. The van der Waals surface area contributed by atoms with Gasteiger partial charge in [0.05, 0.1) is 31.2 Å². The molecule has 0 saturated carbocycles. The zero-order valence-corrected chi connectivity index (χ0v) is 11.9. The molecule has 2 nitrogen and oxygen atoms in total. The highest BCUT2D eigenvalue weighted by atomic mass is 35.5. The lowest BCUT2D eigenvalue weighted by Gasteiger charge is -2.05. The lowest BCUT2D eigenvalue weighted by molar-refractivity contribution is 0.308. The van der Waals surface area contributed by atoms with Crippen LogP contribution in [0.3, 0.4) is 0 Å². The Morgan fingerprint density at radius 1 is 0.650 bits per heavy atom. The Hall–Kier alpha value is -1.18. The van der Waals surface area contributed by atoms with Crippen molar-refractivity contribution >= 4 is 46.4 Å². The second-order valence-corrected chi connectivity index (χ2v) is 4.26. The van der Waals surface area contributed by atoms with Gasteiger partial charge in [0, 0.05) is 0 Å². The Morgan fingerprint density at radius 2 is 0.950 bits per heavy atom. The topological polar surface area (TPSA) is 47.6 Å². The molecule has 0 atom stereocenters. The molecule has 0 amide bonds. The summed E-state index contributed by atoms with van der Waals surface area (Å²) in [6, 6.07) is 3.50. The summed E-state index contributed by atoms with van der Waals surface area (Å²) in [7, 11) is 0. The number of benzene rings is 1. The average Bonchev–Trinajstić information content (AvgIpc) is 2.38. The molecule has 10 heteroatoms. The molecule has 0 aliphatic carbocycles. The quantitative estimate of drug-likeness (QED) is 0.320. The highest BCUT2D eigenvalue weighted by molar-refractivity contribution is 6.50. The Morgan fingerprint density at radius 3 is 1.15 bits per heavy atom. The molecule has 0 aliphatic heterocycles. The molecule has 0 fully saturated rings. The number of hydrogen-bond donors (Lipinski definition) is 0.